The van der Waals surface area contributed by atoms with Crippen LogP contribution >= 0.6 is 23.5 Å². The van der Waals surface area contributed by atoms with E-state index in [4.69, 9.17) is 0 Å². The van der Waals surface area contributed by atoms with E-state index in [2.05, 4.69) is 108 Å². The topological polar surface area (TPSA) is 36.1 Å². The van der Waals surface area contributed by atoms with Crippen molar-refractivity contribution >= 4 is 40.7 Å². The Kier molecular flexibility index (Phi) is 5.11. The minimum atomic E-state index is -0.401. The molecule has 2 atom stereocenters. The lowest BCUT2D eigenvalue weighted by Gasteiger charge is -2.50. The van der Waals surface area contributed by atoms with Gasteiger partial charge in [0.1, 0.15) is 10.4 Å². The van der Waals surface area contributed by atoms with Crippen LogP contribution in [-0.4, -0.2) is 23.2 Å². The van der Waals surface area contributed by atoms with Crippen molar-refractivity contribution in [2.24, 2.45) is 5.92 Å². The van der Waals surface area contributed by atoms with Crippen LogP contribution in [0.5, 0.6) is 0 Å². The maximum atomic E-state index is 12.4. The van der Waals surface area contributed by atoms with E-state index in [1.54, 1.807) is 0 Å². The first-order valence-electron chi connectivity index (χ1n) is 11.2. The highest BCUT2D eigenvalue weighted by Gasteiger charge is 2.54. The number of rotatable bonds is 5. The number of benzene rings is 3. The molecule has 0 saturated heterocycles. The molecule has 2 heterocycles. The molecule has 0 spiro atoms. The zero-order valence-electron chi connectivity index (χ0n) is 18.3. The fourth-order valence-corrected chi connectivity index (χ4v) is 8.61. The average Bonchev–Trinajstić information content (AvgIpc) is 3.25. The number of thioether (sulfide) groups is 2. The molecule has 0 unspecified atom stereocenters. The van der Waals surface area contributed by atoms with Crippen LogP contribution in [0.15, 0.2) is 106 Å². The van der Waals surface area contributed by atoms with Crippen molar-refractivity contribution < 1.29 is 4.79 Å². The van der Waals surface area contributed by atoms with Gasteiger partial charge in [-0.05, 0) is 36.8 Å². The second kappa shape index (κ2) is 8.15. The highest BCUT2D eigenvalue weighted by Crippen LogP contribution is 2.66. The number of hydrogen-bond donors (Lipinski definition) is 1. The summed E-state index contributed by atoms with van der Waals surface area (Å²) < 4.78 is -0.401. The number of H-pyrrole nitrogens is 1. The summed E-state index contributed by atoms with van der Waals surface area (Å²) in [5.74, 6) is 0.0761. The number of carbonyl (C=O) groups excluding carboxylic acids is 1. The van der Waals surface area contributed by atoms with Gasteiger partial charge in [0.25, 0.3) is 0 Å². The molecular weight excluding hydrogens is 444 g/mol. The Morgan fingerprint density at radius 3 is 2.15 bits per heavy atom. The van der Waals surface area contributed by atoms with Gasteiger partial charge in [0.15, 0.2) is 0 Å². The standard InChI is InChI=1S/C28H24N2OS2/c1-30-17-19(18-31)23-16-25(30)26-22-14-8-9-15-24(22)29-27(26)28(23,32-20-10-4-2-5-11-20)33-21-12-6-3-7-13-21/h2-15,17-18,23,25,29H,16H2,1H3/t23-,25-/m1/s1. The predicted molar refractivity (Wildman–Crippen MR) is 137 cm³/mol. The Bertz CT molecular complexity index is 1300. The van der Waals surface area contributed by atoms with E-state index in [1.807, 2.05) is 23.5 Å². The first-order valence-corrected chi connectivity index (χ1v) is 12.8. The Morgan fingerprint density at radius 1 is 0.909 bits per heavy atom. The van der Waals surface area contributed by atoms with Crippen molar-refractivity contribution in [3.63, 3.8) is 0 Å². The van der Waals surface area contributed by atoms with Gasteiger partial charge in [-0.2, -0.15) is 0 Å². The van der Waals surface area contributed by atoms with Gasteiger partial charge in [0.05, 0.1) is 6.04 Å². The number of allylic oxidation sites excluding steroid dienone is 1. The molecule has 1 aromatic heterocycles. The van der Waals surface area contributed by atoms with Gasteiger partial charge in [-0.1, -0.05) is 54.6 Å². The number of fused-ring (bicyclic) bond motifs is 6. The van der Waals surface area contributed by atoms with Crippen LogP contribution in [0.25, 0.3) is 10.9 Å². The van der Waals surface area contributed by atoms with Crippen molar-refractivity contribution in [1.82, 2.24) is 9.88 Å². The van der Waals surface area contributed by atoms with E-state index >= 15 is 0 Å². The number of aromatic amines is 1. The zero-order chi connectivity index (χ0) is 22.4. The molecule has 1 aliphatic carbocycles. The summed E-state index contributed by atoms with van der Waals surface area (Å²) in [6.07, 6.45) is 4.05. The second-order valence-electron chi connectivity index (χ2n) is 8.67. The van der Waals surface area contributed by atoms with E-state index in [1.165, 1.54) is 26.4 Å². The molecule has 0 amide bonds. The van der Waals surface area contributed by atoms with E-state index < -0.39 is 4.08 Å². The molecule has 6 rings (SSSR count). The predicted octanol–water partition coefficient (Wildman–Crippen LogP) is 6.99. The van der Waals surface area contributed by atoms with Crippen LogP contribution in [0.3, 0.4) is 0 Å². The summed E-state index contributed by atoms with van der Waals surface area (Å²) in [6, 6.07) is 30.0. The van der Waals surface area contributed by atoms with Gasteiger partial charge >= 0.3 is 0 Å². The Hall–Kier alpha value is -2.89. The second-order valence-corrected chi connectivity index (χ2v) is 11.6. The normalized spacial score (nSPS) is 20.9. The number of nitrogens with one attached hydrogen (secondary N) is 1. The van der Waals surface area contributed by atoms with Crippen molar-refractivity contribution in [3.8, 4) is 0 Å². The first-order chi connectivity index (χ1) is 16.2. The lowest BCUT2D eigenvalue weighted by Crippen LogP contribution is -2.43. The molecule has 33 heavy (non-hydrogen) atoms. The summed E-state index contributed by atoms with van der Waals surface area (Å²) in [4.78, 5) is 20.8. The third-order valence-corrected chi connectivity index (χ3v) is 9.85. The van der Waals surface area contributed by atoms with Crippen LogP contribution < -0.4 is 0 Å². The van der Waals surface area contributed by atoms with Gasteiger partial charge in [-0.15, -0.1) is 23.5 Å². The van der Waals surface area contributed by atoms with Crippen molar-refractivity contribution in [2.75, 3.05) is 7.05 Å². The summed E-state index contributed by atoms with van der Waals surface area (Å²) in [5.41, 5.74) is 4.61. The summed E-state index contributed by atoms with van der Waals surface area (Å²) >= 11 is 3.73. The largest absolute Gasteiger partial charge is 0.373 e. The maximum absolute atomic E-state index is 12.4. The summed E-state index contributed by atoms with van der Waals surface area (Å²) in [7, 11) is 2.09. The van der Waals surface area contributed by atoms with Gasteiger partial charge in [-0.3, -0.25) is 4.79 Å². The average molecular weight is 469 g/mol. The monoisotopic (exact) mass is 468 g/mol. The van der Waals surface area contributed by atoms with Crippen LogP contribution in [0.1, 0.15) is 23.7 Å². The first kappa shape index (κ1) is 20.7. The van der Waals surface area contributed by atoms with Gasteiger partial charge in [0.2, 0.25) is 0 Å². The minimum absolute atomic E-state index is 0.0761. The Balaban J connectivity index is 1.65. The van der Waals surface area contributed by atoms with E-state index in [0.717, 1.165) is 23.8 Å². The Labute approximate surface area is 202 Å². The number of aromatic nitrogens is 1. The number of para-hydroxylation sites is 1. The number of hydrogen-bond acceptors (Lipinski definition) is 4. The van der Waals surface area contributed by atoms with Gasteiger partial charge in [-0.25, -0.2) is 0 Å². The molecule has 1 N–H and O–H groups in total. The minimum Gasteiger partial charge on any atom is -0.373 e. The lowest BCUT2D eigenvalue weighted by atomic mass is 9.76. The van der Waals surface area contributed by atoms with Crippen molar-refractivity contribution in [3.05, 3.63) is 108 Å². The zero-order valence-corrected chi connectivity index (χ0v) is 19.9. The molecular formula is C28H24N2OS2. The van der Waals surface area contributed by atoms with Crippen LogP contribution in [0.2, 0.25) is 0 Å². The highest BCUT2D eigenvalue weighted by molar-refractivity contribution is 8.17. The third-order valence-electron chi connectivity index (χ3n) is 6.75. The SMILES string of the molecule is CN1C=C(C=O)[C@H]2C[C@@H]1c1c([nH]c3ccccc13)C2(Sc1ccccc1)Sc1ccccc1. The van der Waals surface area contributed by atoms with Gasteiger partial charge < -0.3 is 9.88 Å². The van der Waals surface area contributed by atoms with Crippen molar-refractivity contribution in [2.45, 2.75) is 26.3 Å². The maximum Gasteiger partial charge on any atom is 0.147 e. The molecule has 0 saturated carbocycles. The van der Waals surface area contributed by atoms with E-state index in [9.17, 15) is 4.79 Å². The van der Waals surface area contributed by atoms with E-state index in [-0.39, 0.29) is 12.0 Å². The molecule has 2 bridgehead atoms. The number of aldehydes is 1. The van der Waals surface area contributed by atoms with Gasteiger partial charge in [0, 0.05) is 56.7 Å². The Morgan fingerprint density at radius 2 is 1.52 bits per heavy atom. The molecule has 0 fully saturated rings. The molecule has 164 valence electrons. The summed E-state index contributed by atoms with van der Waals surface area (Å²) in [5, 5.41) is 1.28. The molecule has 5 heteroatoms. The molecule has 3 nitrogen and oxygen atoms in total. The number of carbonyl (C=O) groups is 1. The molecule has 1 aliphatic heterocycles. The van der Waals surface area contributed by atoms with E-state index in [0.29, 0.717) is 0 Å². The molecule has 2 aliphatic rings. The highest BCUT2D eigenvalue weighted by atomic mass is 32.2. The third kappa shape index (κ3) is 3.33. The molecule has 4 aromatic rings. The quantitative estimate of drug-likeness (QED) is 0.253. The fraction of sp³-hybridized carbons (Fsp3) is 0.179. The fourth-order valence-electron chi connectivity index (χ4n) is 5.30. The summed E-state index contributed by atoms with van der Waals surface area (Å²) in [6.45, 7) is 0. The van der Waals surface area contributed by atoms with Crippen LogP contribution in [0, 0.1) is 5.92 Å². The van der Waals surface area contributed by atoms with Crippen LogP contribution in [-0.2, 0) is 8.87 Å². The number of nitrogens with zero attached hydrogens (tertiary/aromatic N) is 1. The lowest BCUT2D eigenvalue weighted by molar-refractivity contribution is -0.105. The van der Waals surface area contributed by atoms with Crippen molar-refractivity contribution in [1.29, 1.82) is 0 Å². The molecule has 3 aromatic carbocycles. The smallest absolute Gasteiger partial charge is 0.147 e. The molecule has 0 radical (unpaired) electrons. The van der Waals surface area contributed by atoms with Crippen LogP contribution in [0.4, 0.5) is 0 Å².